The number of aromatic amines is 1. The summed E-state index contributed by atoms with van der Waals surface area (Å²) in [6, 6.07) is 22.8. The molecule has 1 heterocycles. The van der Waals surface area contributed by atoms with Crippen LogP contribution < -0.4 is 5.32 Å². The van der Waals surface area contributed by atoms with Crippen molar-refractivity contribution in [1.29, 1.82) is 0 Å². The number of thioether (sulfide) groups is 1. The molecule has 0 fully saturated rings. The van der Waals surface area contributed by atoms with E-state index in [1.165, 1.54) is 22.9 Å². The van der Waals surface area contributed by atoms with Crippen molar-refractivity contribution in [1.82, 2.24) is 9.97 Å². The number of amides is 1. The lowest BCUT2D eigenvalue weighted by atomic mass is 10.0. The number of aryl methyl sites for hydroxylation is 4. The molecule has 0 aliphatic rings. The second-order valence-electron chi connectivity index (χ2n) is 8.51. The molecule has 0 bridgehead atoms. The van der Waals surface area contributed by atoms with Crippen molar-refractivity contribution in [2.45, 2.75) is 45.0 Å². The van der Waals surface area contributed by atoms with Crippen molar-refractivity contribution < 1.29 is 4.79 Å². The zero-order chi connectivity index (χ0) is 23.5. The van der Waals surface area contributed by atoms with Crippen LogP contribution in [-0.4, -0.2) is 21.1 Å². The maximum Gasteiger partial charge on any atom is 0.237 e. The van der Waals surface area contributed by atoms with Gasteiger partial charge in [0.25, 0.3) is 0 Å². The molecule has 4 rings (SSSR count). The number of hydrogen-bond donors (Lipinski definition) is 2. The molecule has 33 heavy (non-hydrogen) atoms. The average molecular weight is 456 g/mol. The van der Waals surface area contributed by atoms with Gasteiger partial charge >= 0.3 is 0 Å². The van der Waals surface area contributed by atoms with E-state index in [1.54, 1.807) is 0 Å². The third kappa shape index (κ3) is 5.20. The normalized spacial score (nSPS) is 11.9. The van der Waals surface area contributed by atoms with Gasteiger partial charge in [0, 0.05) is 16.8 Å². The van der Waals surface area contributed by atoms with E-state index in [9.17, 15) is 4.79 Å². The van der Waals surface area contributed by atoms with E-state index in [1.807, 2.05) is 39.0 Å². The third-order valence-corrected chi connectivity index (χ3v) is 6.72. The minimum atomic E-state index is -0.313. The fraction of sp³-hybridized carbons (Fsp3) is 0.214. The molecule has 0 aliphatic heterocycles. The number of benzene rings is 3. The Morgan fingerprint density at radius 2 is 1.39 bits per heavy atom. The van der Waals surface area contributed by atoms with Gasteiger partial charge in [-0.2, -0.15) is 0 Å². The summed E-state index contributed by atoms with van der Waals surface area (Å²) in [7, 11) is 0. The number of anilines is 1. The molecule has 0 saturated carbocycles. The van der Waals surface area contributed by atoms with Gasteiger partial charge in [0.05, 0.1) is 16.6 Å². The molecule has 168 valence electrons. The predicted molar refractivity (Wildman–Crippen MR) is 139 cm³/mol. The van der Waals surface area contributed by atoms with Gasteiger partial charge in [-0.25, -0.2) is 4.98 Å². The molecule has 2 N–H and O–H groups in total. The molecule has 0 aliphatic carbocycles. The summed E-state index contributed by atoms with van der Waals surface area (Å²) < 4.78 is 0. The molecule has 3 aromatic carbocycles. The number of carbonyl (C=O) groups is 1. The SMILES string of the molecule is Cc1ccc(-c2nc(SC(C)C(=O)Nc3c(C)cccc3C)[nH]c2-c2ccc(C)cc2)cc1. The summed E-state index contributed by atoms with van der Waals surface area (Å²) >= 11 is 1.43. The first-order chi connectivity index (χ1) is 15.8. The Balaban J connectivity index is 1.62. The van der Waals surface area contributed by atoms with Gasteiger partial charge in [-0.15, -0.1) is 0 Å². The smallest absolute Gasteiger partial charge is 0.237 e. The van der Waals surface area contributed by atoms with Crippen LogP contribution >= 0.6 is 11.8 Å². The molecule has 1 atom stereocenters. The average Bonchev–Trinajstić information content (AvgIpc) is 3.21. The van der Waals surface area contributed by atoms with Crippen LogP contribution in [0.5, 0.6) is 0 Å². The van der Waals surface area contributed by atoms with E-state index >= 15 is 0 Å². The molecular weight excluding hydrogens is 426 g/mol. The summed E-state index contributed by atoms with van der Waals surface area (Å²) in [6.45, 7) is 10.1. The molecule has 4 aromatic rings. The highest BCUT2D eigenvalue weighted by atomic mass is 32.2. The molecule has 4 nitrogen and oxygen atoms in total. The van der Waals surface area contributed by atoms with Gasteiger partial charge in [-0.3, -0.25) is 4.79 Å². The van der Waals surface area contributed by atoms with Gasteiger partial charge in [0.15, 0.2) is 5.16 Å². The maximum atomic E-state index is 13.0. The lowest BCUT2D eigenvalue weighted by molar-refractivity contribution is -0.115. The van der Waals surface area contributed by atoms with Crippen LogP contribution in [-0.2, 0) is 4.79 Å². The largest absolute Gasteiger partial charge is 0.332 e. The number of nitrogens with zero attached hydrogens (tertiary/aromatic N) is 1. The quantitative estimate of drug-likeness (QED) is 0.305. The number of H-pyrrole nitrogens is 1. The van der Waals surface area contributed by atoms with Crippen molar-refractivity contribution in [3.63, 3.8) is 0 Å². The number of imidazole rings is 1. The van der Waals surface area contributed by atoms with E-state index in [0.717, 1.165) is 44.5 Å². The van der Waals surface area contributed by atoms with Crippen LogP contribution in [0.3, 0.4) is 0 Å². The van der Waals surface area contributed by atoms with Crippen LogP contribution in [0.4, 0.5) is 5.69 Å². The van der Waals surface area contributed by atoms with Gasteiger partial charge in [0.2, 0.25) is 5.91 Å². The zero-order valence-corrected chi connectivity index (χ0v) is 20.5. The van der Waals surface area contributed by atoms with Crippen LogP contribution in [0.25, 0.3) is 22.5 Å². The molecule has 1 aromatic heterocycles. The zero-order valence-electron chi connectivity index (χ0n) is 19.7. The monoisotopic (exact) mass is 455 g/mol. The van der Waals surface area contributed by atoms with E-state index in [4.69, 9.17) is 4.98 Å². The Labute approximate surface area is 199 Å². The lowest BCUT2D eigenvalue weighted by Crippen LogP contribution is -2.23. The fourth-order valence-electron chi connectivity index (χ4n) is 3.71. The Morgan fingerprint density at radius 3 is 1.97 bits per heavy atom. The molecule has 1 unspecified atom stereocenters. The van der Waals surface area contributed by atoms with E-state index < -0.39 is 0 Å². The van der Waals surface area contributed by atoms with Crippen LogP contribution in [0.15, 0.2) is 71.9 Å². The summed E-state index contributed by atoms with van der Waals surface area (Å²) in [5.41, 5.74) is 9.39. The van der Waals surface area contributed by atoms with Gasteiger partial charge in [-0.05, 0) is 45.7 Å². The molecular formula is C28H29N3OS. The van der Waals surface area contributed by atoms with E-state index in [-0.39, 0.29) is 11.2 Å². The summed E-state index contributed by atoms with van der Waals surface area (Å²) in [6.07, 6.45) is 0. The molecule has 0 radical (unpaired) electrons. The summed E-state index contributed by atoms with van der Waals surface area (Å²) in [5.74, 6) is -0.0393. The minimum Gasteiger partial charge on any atom is -0.332 e. The van der Waals surface area contributed by atoms with E-state index in [0.29, 0.717) is 0 Å². The maximum absolute atomic E-state index is 13.0. The Hall–Kier alpha value is -3.31. The van der Waals surface area contributed by atoms with Crippen LogP contribution in [0.1, 0.15) is 29.2 Å². The number of para-hydroxylation sites is 1. The van der Waals surface area contributed by atoms with Crippen molar-refractivity contribution in [3.05, 3.63) is 89.0 Å². The number of hydrogen-bond acceptors (Lipinski definition) is 3. The van der Waals surface area contributed by atoms with Crippen LogP contribution in [0, 0.1) is 27.7 Å². The molecule has 1 amide bonds. The molecule has 0 spiro atoms. The van der Waals surface area contributed by atoms with Gasteiger partial charge in [-0.1, -0.05) is 89.6 Å². The Kier molecular flexibility index (Phi) is 6.70. The highest BCUT2D eigenvalue weighted by Crippen LogP contribution is 2.34. The predicted octanol–water partition coefficient (Wildman–Crippen LogP) is 7.10. The van der Waals surface area contributed by atoms with Crippen LogP contribution in [0.2, 0.25) is 0 Å². The minimum absolute atomic E-state index is 0.0393. The molecule has 5 heteroatoms. The number of rotatable bonds is 6. The van der Waals surface area contributed by atoms with Gasteiger partial charge < -0.3 is 10.3 Å². The number of nitrogens with one attached hydrogen (secondary N) is 2. The second kappa shape index (κ2) is 9.67. The number of aromatic nitrogens is 2. The first-order valence-electron chi connectivity index (χ1n) is 11.1. The van der Waals surface area contributed by atoms with E-state index in [2.05, 4.69) is 72.7 Å². The highest BCUT2D eigenvalue weighted by Gasteiger charge is 2.21. The first-order valence-corrected chi connectivity index (χ1v) is 12.0. The summed E-state index contributed by atoms with van der Waals surface area (Å²) in [4.78, 5) is 21.3. The fourth-order valence-corrected chi connectivity index (χ4v) is 4.52. The first kappa shape index (κ1) is 22.9. The summed E-state index contributed by atoms with van der Waals surface area (Å²) in [5, 5.41) is 3.51. The number of carbonyl (C=O) groups excluding carboxylic acids is 1. The molecule has 0 saturated heterocycles. The topological polar surface area (TPSA) is 57.8 Å². The Morgan fingerprint density at radius 1 is 0.848 bits per heavy atom. The standard InChI is InChI=1S/C28H29N3OS/c1-17-9-13-22(14-10-17)25-26(23-15-11-18(2)12-16-23)31-28(30-25)33-21(5)27(32)29-24-19(3)7-6-8-20(24)4/h6-16,21H,1-5H3,(H,29,32)(H,30,31). The van der Waals surface area contributed by atoms with Crippen molar-refractivity contribution >= 4 is 23.4 Å². The highest BCUT2D eigenvalue weighted by molar-refractivity contribution is 8.00. The van der Waals surface area contributed by atoms with Crippen molar-refractivity contribution in [2.75, 3.05) is 5.32 Å². The van der Waals surface area contributed by atoms with Gasteiger partial charge in [0.1, 0.15) is 0 Å². The van der Waals surface area contributed by atoms with Crippen molar-refractivity contribution in [3.8, 4) is 22.5 Å². The second-order valence-corrected chi connectivity index (χ2v) is 9.84. The van der Waals surface area contributed by atoms with Crippen molar-refractivity contribution in [2.24, 2.45) is 0 Å². The third-order valence-electron chi connectivity index (χ3n) is 5.73. The lowest BCUT2D eigenvalue weighted by Gasteiger charge is -2.14. The Bertz CT molecular complexity index is 1190.